The predicted molar refractivity (Wildman–Crippen MR) is 68.6 cm³/mol. The van der Waals surface area contributed by atoms with Crippen LogP contribution in [0.25, 0.3) is 0 Å². The Bertz CT molecular complexity index is 594. The van der Waals surface area contributed by atoms with Crippen LogP contribution < -0.4 is 4.74 Å². The van der Waals surface area contributed by atoms with Gasteiger partial charge in [-0.3, -0.25) is 0 Å². The van der Waals surface area contributed by atoms with Crippen molar-refractivity contribution in [3.8, 4) is 11.5 Å². The minimum Gasteiger partial charge on any atom is -0.508 e. The van der Waals surface area contributed by atoms with E-state index in [1.807, 2.05) is 24.3 Å². The molecule has 4 heteroatoms. The van der Waals surface area contributed by atoms with E-state index in [9.17, 15) is 5.11 Å². The van der Waals surface area contributed by atoms with Crippen molar-refractivity contribution in [1.29, 1.82) is 0 Å². The zero-order valence-electron chi connectivity index (χ0n) is 10.2. The van der Waals surface area contributed by atoms with Gasteiger partial charge in [0.25, 0.3) is 0 Å². The van der Waals surface area contributed by atoms with Gasteiger partial charge in [-0.1, -0.05) is 18.2 Å². The molecule has 1 aliphatic rings. The SMILES string of the molecule is OCc1ccc2c(c1)COC(c1cccc(O)c1)O2. The summed E-state index contributed by atoms with van der Waals surface area (Å²) in [5.74, 6) is 0.933. The third-order valence-electron chi connectivity index (χ3n) is 3.07. The van der Waals surface area contributed by atoms with Crippen molar-refractivity contribution in [2.24, 2.45) is 0 Å². The number of phenolic OH excluding ortho intramolecular Hbond substituents is 1. The number of phenols is 1. The summed E-state index contributed by atoms with van der Waals surface area (Å²) in [7, 11) is 0. The topological polar surface area (TPSA) is 58.9 Å². The quantitative estimate of drug-likeness (QED) is 0.868. The van der Waals surface area contributed by atoms with Crippen LogP contribution in [0.4, 0.5) is 0 Å². The molecule has 1 unspecified atom stereocenters. The van der Waals surface area contributed by atoms with E-state index in [-0.39, 0.29) is 12.4 Å². The normalized spacial score (nSPS) is 17.6. The fourth-order valence-electron chi connectivity index (χ4n) is 2.11. The molecule has 0 aliphatic carbocycles. The van der Waals surface area contributed by atoms with Gasteiger partial charge >= 0.3 is 0 Å². The molecule has 98 valence electrons. The van der Waals surface area contributed by atoms with Gasteiger partial charge in [0.15, 0.2) is 0 Å². The summed E-state index contributed by atoms with van der Waals surface area (Å²) in [4.78, 5) is 0. The summed E-state index contributed by atoms with van der Waals surface area (Å²) >= 11 is 0. The van der Waals surface area contributed by atoms with Crippen molar-refractivity contribution < 1.29 is 19.7 Å². The molecule has 1 atom stereocenters. The van der Waals surface area contributed by atoms with Gasteiger partial charge in [-0.25, -0.2) is 0 Å². The Balaban J connectivity index is 1.86. The van der Waals surface area contributed by atoms with Crippen LogP contribution in [0.3, 0.4) is 0 Å². The van der Waals surface area contributed by atoms with Crippen molar-refractivity contribution in [3.63, 3.8) is 0 Å². The molecule has 0 saturated heterocycles. The lowest BCUT2D eigenvalue weighted by molar-refractivity contribution is -0.111. The van der Waals surface area contributed by atoms with E-state index >= 15 is 0 Å². The third-order valence-corrected chi connectivity index (χ3v) is 3.07. The molecule has 0 amide bonds. The van der Waals surface area contributed by atoms with E-state index in [0.717, 1.165) is 22.4 Å². The highest BCUT2D eigenvalue weighted by atomic mass is 16.7. The van der Waals surface area contributed by atoms with Gasteiger partial charge in [0.1, 0.15) is 11.5 Å². The van der Waals surface area contributed by atoms with Gasteiger partial charge in [-0.05, 0) is 29.8 Å². The van der Waals surface area contributed by atoms with Gasteiger partial charge in [-0.15, -0.1) is 0 Å². The molecule has 2 aromatic carbocycles. The largest absolute Gasteiger partial charge is 0.508 e. The number of aliphatic hydroxyl groups excluding tert-OH is 1. The maximum atomic E-state index is 9.47. The Morgan fingerprint density at radius 3 is 2.84 bits per heavy atom. The van der Waals surface area contributed by atoms with Gasteiger partial charge in [0.05, 0.1) is 13.2 Å². The Hall–Kier alpha value is -2.04. The van der Waals surface area contributed by atoms with E-state index in [2.05, 4.69) is 0 Å². The van der Waals surface area contributed by atoms with Gasteiger partial charge in [0, 0.05) is 11.1 Å². The van der Waals surface area contributed by atoms with Crippen LogP contribution in [0, 0.1) is 0 Å². The first-order chi connectivity index (χ1) is 9.26. The molecule has 4 nitrogen and oxygen atoms in total. The smallest absolute Gasteiger partial charge is 0.227 e. The summed E-state index contributed by atoms with van der Waals surface area (Å²) in [6, 6.07) is 12.3. The molecular weight excluding hydrogens is 244 g/mol. The van der Waals surface area contributed by atoms with Crippen molar-refractivity contribution >= 4 is 0 Å². The molecule has 0 spiro atoms. The Labute approximate surface area is 110 Å². The first-order valence-corrected chi connectivity index (χ1v) is 6.06. The molecule has 0 fully saturated rings. The highest BCUT2D eigenvalue weighted by Gasteiger charge is 2.22. The zero-order chi connectivity index (χ0) is 13.2. The fourth-order valence-corrected chi connectivity index (χ4v) is 2.11. The lowest BCUT2D eigenvalue weighted by Crippen LogP contribution is -2.18. The summed E-state index contributed by atoms with van der Waals surface area (Å²) < 4.78 is 11.4. The summed E-state index contributed by atoms with van der Waals surface area (Å²) in [6.07, 6.45) is -0.514. The number of hydrogen-bond donors (Lipinski definition) is 2. The molecule has 2 N–H and O–H groups in total. The molecule has 1 heterocycles. The first kappa shape index (κ1) is 12.0. The third kappa shape index (κ3) is 2.41. The second-order valence-corrected chi connectivity index (χ2v) is 4.46. The van der Waals surface area contributed by atoms with Gasteiger partial charge < -0.3 is 19.7 Å². The molecule has 0 aromatic heterocycles. The summed E-state index contributed by atoms with van der Waals surface area (Å²) in [5.41, 5.74) is 2.53. The highest BCUT2D eigenvalue weighted by molar-refractivity contribution is 5.38. The van der Waals surface area contributed by atoms with Crippen LogP contribution in [0.15, 0.2) is 42.5 Å². The molecule has 0 radical (unpaired) electrons. The second-order valence-electron chi connectivity index (χ2n) is 4.46. The molecule has 3 rings (SSSR count). The number of aromatic hydroxyl groups is 1. The number of aliphatic hydroxyl groups is 1. The lowest BCUT2D eigenvalue weighted by Gasteiger charge is -2.27. The molecule has 0 bridgehead atoms. The Morgan fingerprint density at radius 2 is 2.05 bits per heavy atom. The van der Waals surface area contributed by atoms with E-state index in [0.29, 0.717) is 6.61 Å². The highest BCUT2D eigenvalue weighted by Crippen LogP contribution is 2.34. The van der Waals surface area contributed by atoms with E-state index in [1.54, 1.807) is 18.2 Å². The van der Waals surface area contributed by atoms with Gasteiger partial charge in [-0.2, -0.15) is 0 Å². The predicted octanol–water partition coefficient (Wildman–Crippen LogP) is 2.49. The van der Waals surface area contributed by atoms with Gasteiger partial charge in [0.2, 0.25) is 6.29 Å². The van der Waals surface area contributed by atoms with E-state index in [4.69, 9.17) is 14.6 Å². The summed E-state index contributed by atoms with van der Waals surface area (Å²) in [6.45, 7) is 0.423. The van der Waals surface area contributed by atoms with Crippen LogP contribution in [0.5, 0.6) is 11.5 Å². The van der Waals surface area contributed by atoms with Crippen LogP contribution >= 0.6 is 0 Å². The number of fused-ring (bicyclic) bond motifs is 1. The molecule has 2 aromatic rings. The zero-order valence-corrected chi connectivity index (χ0v) is 10.2. The van der Waals surface area contributed by atoms with Crippen LogP contribution in [-0.4, -0.2) is 10.2 Å². The number of benzene rings is 2. The average molecular weight is 258 g/mol. The lowest BCUT2D eigenvalue weighted by atomic mass is 10.1. The second kappa shape index (κ2) is 4.91. The maximum Gasteiger partial charge on any atom is 0.227 e. The number of hydrogen-bond acceptors (Lipinski definition) is 4. The Kier molecular flexibility index (Phi) is 3.11. The molecule has 19 heavy (non-hydrogen) atoms. The Morgan fingerprint density at radius 1 is 1.16 bits per heavy atom. The van der Waals surface area contributed by atoms with Crippen molar-refractivity contribution in [2.45, 2.75) is 19.5 Å². The van der Waals surface area contributed by atoms with E-state index < -0.39 is 6.29 Å². The van der Waals surface area contributed by atoms with Crippen molar-refractivity contribution in [3.05, 3.63) is 59.2 Å². The number of ether oxygens (including phenoxy) is 2. The van der Waals surface area contributed by atoms with Crippen molar-refractivity contribution in [1.82, 2.24) is 0 Å². The molecule has 1 aliphatic heterocycles. The van der Waals surface area contributed by atoms with Crippen LogP contribution in [0.2, 0.25) is 0 Å². The monoisotopic (exact) mass is 258 g/mol. The molecule has 0 saturated carbocycles. The summed E-state index contributed by atoms with van der Waals surface area (Å²) in [5, 5.41) is 18.6. The van der Waals surface area contributed by atoms with E-state index in [1.165, 1.54) is 0 Å². The maximum absolute atomic E-state index is 9.47. The average Bonchev–Trinajstić information content (AvgIpc) is 2.46. The minimum atomic E-state index is -0.514. The standard InChI is InChI=1S/C15H14O4/c16-8-10-4-5-14-12(6-10)9-18-15(19-14)11-2-1-3-13(17)7-11/h1-7,15-17H,8-9H2. The first-order valence-electron chi connectivity index (χ1n) is 6.06. The van der Waals surface area contributed by atoms with Crippen molar-refractivity contribution in [2.75, 3.05) is 0 Å². The number of rotatable bonds is 2. The molecular formula is C15H14O4. The minimum absolute atomic E-state index is 0.00324. The van der Waals surface area contributed by atoms with Crippen LogP contribution in [-0.2, 0) is 18.0 Å². The van der Waals surface area contributed by atoms with Crippen LogP contribution in [0.1, 0.15) is 23.0 Å². The fraction of sp³-hybridized carbons (Fsp3) is 0.200.